The van der Waals surface area contributed by atoms with Gasteiger partial charge in [-0.25, -0.2) is 9.59 Å². The summed E-state index contributed by atoms with van der Waals surface area (Å²) in [5.74, 6) is 0. The number of aliphatic hydroxyl groups excluding tert-OH is 3. The fourth-order valence-electron chi connectivity index (χ4n) is 2.38. The van der Waals surface area contributed by atoms with E-state index in [9.17, 15) is 9.59 Å². The highest BCUT2D eigenvalue weighted by Gasteiger charge is 2.30. The first-order chi connectivity index (χ1) is 12.6. The molecule has 0 aliphatic rings. The van der Waals surface area contributed by atoms with Crippen LogP contribution in [0.15, 0.2) is 34.3 Å². The highest BCUT2D eigenvalue weighted by atomic mass is 16.3. The molecule has 0 heterocycles. The Hall–Kier alpha value is -2.14. The third-order valence-electron chi connectivity index (χ3n) is 4.65. The smallest absolute Gasteiger partial charge is 0.235 e. The van der Waals surface area contributed by atoms with Crippen molar-refractivity contribution in [1.82, 2.24) is 0 Å². The lowest BCUT2D eigenvalue weighted by molar-refractivity contribution is 0.00304. The summed E-state index contributed by atoms with van der Waals surface area (Å²) < 4.78 is 0. The zero-order chi connectivity index (χ0) is 21.1. The van der Waals surface area contributed by atoms with Crippen LogP contribution >= 0.6 is 0 Å². The van der Waals surface area contributed by atoms with Crippen LogP contribution in [0.5, 0.6) is 0 Å². The van der Waals surface area contributed by atoms with Crippen molar-refractivity contribution in [2.24, 2.45) is 15.4 Å². The van der Waals surface area contributed by atoms with E-state index in [2.05, 4.69) is 9.98 Å². The summed E-state index contributed by atoms with van der Waals surface area (Å²) in [6.07, 6.45) is 3.76. The van der Waals surface area contributed by atoms with Crippen molar-refractivity contribution < 1.29 is 24.9 Å². The third-order valence-corrected chi connectivity index (χ3v) is 4.65. The molecule has 27 heavy (non-hydrogen) atoms. The predicted molar refractivity (Wildman–Crippen MR) is 103 cm³/mol. The predicted octanol–water partition coefficient (Wildman–Crippen LogP) is 2.19. The zero-order valence-corrected chi connectivity index (χ0v) is 16.7. The number of aliphatic hydroxyl groups is 3. The fraction of sp³-hybridized carbons (Fsp3) is 0.600. The van der Waals surface area contributed by atoms with Gasteiger partial charge in [0.15, 0.2) is 0 Å². The Kier molecular flexibility index (Phi) is 10.0. The molecule has 0 saturated carbocycles. The minimum Gasteiger partial charge on any atom is -0.396 e. The zero-order valence-electron chi connectivity index (χ0n) is 16.7. The van der Waals surface area contributed by atoms with Crippen LogP contribution in [0.4, 0.5) is 0 Å². The largest absolute Gasteiger partial charge is 0.396 e. The Morgan fingerprint density at radius 2 is 1.15 bits per heavy atom. The Morgan fingerprint density at radius 3 is 1.33 bits per heavy atom. The quantitative estimate of drug-likeness (QED) is 0.473. The molecule has 0 fully saturated rings. The number of rotatable bonds is 8. The first-order valence-electron chi connectivity index (χ1n) is 8.70. The van der Waals surface area contributed by atoms with E-state index in [1.165, 1.54) is 0 Å². The summed E-state index contributed by atoms with van der Waals surface area (Å²) in [7, 11) is 0. The number of isocyanates is 2. The number of aliphatic imine (C=N–C) groups is 2. The van der Waals surface area contributed by atoms with Crippen LogP contribution in [0.1, 0.15) is 52.2 Å². The van der Waals surface area contributed by atoms with Gasteiger partial charge >= 0.3 is 0 Å². The van der Waals surface area contributed by atoms with E-state index < -0.39 is 16.5 Å². The number of hydrogen-bond donors (Lipinski definition) is 3. The summed E-state index contributed by atoms with van der Waals surface area (Å²) in [5.41, 5.74) is -0.378. The van der Waals surface area contributed by atoms with E-state index in [1.807, 2.05) is 58.9 Å². The van der Waals surface area contributed by atoms with Gasteiger partial charge in [-0.2, -0.15) is 9.98 Å². The molecule has 0 aliphatic carbocycles. The second-order valence-corrected chi connectivity index (χ2v) is 7.40. The van der Waals surface area contributed by atoms with Gasteiger partial charge in [0.05, 0.1) is 30.9 Å². The van der Waals surface area contributed by atoms with Crippen molar-refractivity contribution in [3.63, 3.8) is 0 Å². The Bertz CT molecular complexity index is 617. The standard InChI is InChI=1S/C14H16N2O2.C6H14O3/c1-13(2,15-9-17)11-7-5-6-8-12(11)14(3,4)16-10-18;1-2-6(3-7,4-8)5-9/h5-8H,1-4H3;7-9H,2-5H2,1H3. The van der Waals surface area contributed by atoms with Crippen LogP contribution in [0, 0.1) is 5.41 Å². The average Bonchev–Trinajstić information content (AvgIpc) is 2.65. The lowest BCUT2D eigenvalue weighted by Gasteiger charge is -2.28. The fourth-order valence-corrected chi connectivity index (χ4v) is 2.38. The maximum atomic E-state index is 10.5. The molecule has 0 unspecified atom stereocenters. The van der Waals surface area contributed by atoms with E-state index in [0.717, 1.165) is 11.1 Å². The molecule has 1 aromatic carbocycles. The molecule has 150 valence electrons. The minimum absolute atomic E-state index is 0.156. The molecule has 0 aromatic heterocycles. The number of benzene rings is 1. The molecule has 1 rings (SSSR count). The monoisotopic (exact) mass is 378 g/mol. The highest BCUT2D eigenvalue weighted by molar-refractivity contribution is 5.44. The van der Waals surface area contributed by atoms with Crippen LogP contribution in [-0.4, -0.2) is 47.3 Å². The van der Waals surface area contributed by atoms with Crippen LogP contribution in [0.25, 0.3) is 0 Å². The van der Waals surface area contributed by atoms with Gasteiger partial charge in [-0.1, -0.05) is 31.2 Å². The van der Waals surface area contributed by atoms with Crippen molar-refractivity contribution in [2.75, 3.05) is 19.8 Å². The Morgan fingerprint density at radius 1 is 0.815 bits per heavy atom. The topological polar surface area (TPSA) is 120 Å². The van der Waals surface area contributed by atoms with Crippen molar-refractivity contribution in [1.29, 1.82) is 0 Å². The van der Waals surface area contributed by atoms with Gasteiger partial charge in [-0.05, 0) is 45.2 Å². The summed E-state index contributed by atoms with van der Waals surface area (Å²) in [6, 6.07) is 7.47. The van der Waals surface area contributed by atoms with Gasteiger partial charge in [-0.3, -0.25) is 0 Å². The maximum absolute atomic E-state index is 10.5. The Balaban J connectivity index is 0.000000636. The van der Waals surface area contributed by atoms with Crippen molar-refractivity contribution in [3.05, 3.63) is 35.4 Å². The van der Waals surface area contributed by atoms with Gasteiger partial charge in [0.25, 0.3) is 0 Å². The second-order valence-electron chi connectivity index (χ2n) is 7.40. The number of nitrogens with zero attached hydrogens (tertiary/aromatic N) is 2. The molecule has 0 radical (unpaired) electrons. The molecular formula is C20H30N2O5. The van der Waals surface area contributed by atoms with Gasteiger partial charge in [0.1, 0.15) is 0 Å². The molecule has 0 aliphatic heterocycles. The average molecular weight is 378 g/mol. The first-order valence-corrected chi connectivity index (χ1v) is 8.70. The van der Waals surface area contributed by atoms with Gasteiger partial charge < -0.3 is 15.3 Å². The molecular weight excluding hydrogens is 348 g/mol. The molecule has 7 nitrogen and oxygen atoms in total. The van der Waals surface area contributed by atoms with Crippen LogP contribution < -0.4 is 0 Å². The van der Waals surface area contributed by atoms with Crippen LogP contribution in [0.2, 0.25) is 0 Å². The van der Waals surface area contributed by atoms with Crippen LogP contribution in [-0.2, 0) is 20.7 Å². The minimum atomic E-state index is -0.700. The lowest BCUT2D eigenvalue weighted by Crippen LogP contribution is -2.32. The normalized spacial score (nSPS) is 11.6. The van der Waals surface area contributed by atoms with E-state index in [4.69, 9.17) is 15.3 Å². The Labute approximate surface area is 160 Å². The molecule has 7 heteroatoms. The summed E-state index contributed by atoms with van der Waals surface area (Å²) in [6.45, 7) is 8.62. The van der Waals surface area contributed by atoms with Crippen molar-refractivity contribution >= 4 is 12.2 Å². The summed E-state index contributed by atoms with van der Waals surface area (Å²) >= 11 is 0. The van der Waals surface area contributed by atoms with E-state index in [-0.39, 0.29) is 19.8 Å². The van der Waals surface area contributed by atoms with Gasteiger partial charge in [-0.15, -0.1) is 0 Å². The van der Waals surface area contributed by atoms with E-state index in [0.29, 0.717) is 6.42 Å². The second kappa shape index (κ2) is 10.9. The summed E-state index contributed by atoms with van der Waals surface area (Å²) in [5, 5.41) is 26.0. The van der Waals surface area contributed by atoms with Crippen LogP contribution in [0.3, 0.4) is 0 Å². The maximum Gasteiger partial charge on any atom is 0.235 e. The number of hydrogen-bond acceptors (Lipinski definition) is 7. The van der Waals surface area contributed by atoms with Gasteiger partial charge in [0.2, 0.25) is 12.2 Å². The van der Waals surface area contributed by atoms with Gasteiger partial charge in [0, 0.05) is 5.41 Å². The van der Waals surface area contributed by atoms with E-state index in [1.54, 1.807) is 12.2 Å². The molecule has 0 bridgehead atoms. The molecule has 0 amide bonds. The summed E-state index contributed by atoms with van der Waals surface area (Å²) in [4.78, 5) is 28.6. The third kappa shape index (κ3) is 6.83. The molecule has 0 atom stereocenters. The molecule has 3 N–H and O–H groups in total. The van der Waals surface area contributed by atoms with E-state index >= 15 is 0 Å². The molecule has 1 aromatic rings. The first kappa shape index (κ1) is 24.9. The molecule has 0 spiro atoms. The van der Waals surface area contributed by atoms with Crippen molar-refractivity contribution in [2.45, 2.75) is 52.1 Å². The van der Waals surface area contributed by atoms with Crippen molar-refractivity contribution in [3.8, 4) is 0 Å². The number of carbonyl (C=O) groups excluding carboxylic acids is 2. The molecule has 0 saturated heterocycles. The highest BCUT2D eigenvalue weighted by Crippen LogP contribution is 2.35. The lowest BCUT2D eigenvalue weighted by atomic mass is 9.82. The SMILES string of the molecule is CC(C)(N=C=O)c1ccccc1C(C)(C)N=C=O.CCC(CO)(CO)CO.